The number of rotatable bonds is 7. The van der Waals surface area contributed by atoms with E-state index in [1.54, 1.807) is 0 Å². The molecule has 0 atom stereocenters. The predicted molar refractivity (Wildman–Crippen MR) is 96.6 cm³/mol. The molecule has 0 aromatic heterocycles. The molecule has 0 saturated carbocycles. The van der Waals surface area contributed by atoms with Crippen molar-refractivity contribution in [1.82, 2.24) is 10.2 Å². The Morgan fingerprint density at radius 1 is 1.23 bits per heavy atom. The van der Waals surface area contributed by atoms with Crippen molar-refractivity contribution in [2.75, 3.05) is 39.4 Å². The van der Waals surface area contributed by atoms with Crippen LogP contribution < -0.4 is 10.1 Å². The van der Waals surface area contributed by atoms with E-state index in [-0.39, 0.29) is 6.10 Å². The van der Waals surface area contributed by atoms with Crippen LogP contribution >= 0.6 is 31.9 Å². The maximum atomic E-state index is 5.80. The summed E-state index contributed by atoms with van der Waals surface area (Å²) in [6.07, 6.45) is 0.157. The molecule has 2 rings (SSSR count). The Morgan fingerprint density at radius 3 is 2.45 bits per heavy atom. The van der Waals surface area contributed by atoms with Gasteiger partial charge in [-0.15, -0.1) is 0 Å². The fraction of sp³-hybridized carbons (Fsp3) is 0.625. The second-order valence-electron chi connectivity index (χ2n) is 5.69. The Labute approximate surface area is 149 Å². The molecule has 0 radical (unpaired) electrons. The highest BCUT2D eigenvalue weighted by Gasteiger charge is 2.11. The van der Waals surface area contributed by atoms with Crippen molar-refractivity contribution >= 4 is 31.9 Å². The van der Waals surface area contributed by atoms with Crippen LogP contribution in [0.15, 0.2) is 21.1 Å². The summed E-state index contributed by atoms with van der Waals surface area (Å²) in [5.41, 5.74) is 1.23. The molecule has 0 aliphatic carbocycles. The fourth-order valence-corrected chi connectivity index (χ4v) is 3.83. The molecule has 22 heavy (non-hydrogen) atoms. The zero-order valence-electron chi connectivity index (χ0n) is 13.2. The Kier molecular flexibility index (Phi) is 7.63. The summed E-state index contributed by atoms with van der Waals surface area (Å²) >= 11 is 7.19. The van der Waals surface area contributed by atoms with Crippen molar-refractivity contribution in [2.24, 2.45) is 0 Å². The third-order valence-electron chi connectivity index (χ3n) is 3.45. The molecular weight excluding hydrogens is 412 g/mol. The molecule has 124 valence electrons. The zero-order chi connectivity index (χ0) is 15.9. The van der Waals surface area contributed by atoms with Gasteiger partial charge in [-0.2, -0.15) is 0 Å². The first-order valence-electron chi connectivity index (χ1n) is 7.71. The van der Waals surface area contributed by atoms with Crippen molar-refractivity contribution in [3.05, 3.63) is 26.6 Å². The number of halogens is 2. The third-order valence-corrected chi connectivity index (χ3v) is 4.63. The summed E-state index contributed by atoms with van der Waals surface area (Å²) in [7, 11) is 0. The lowest BCUT2D eigenvalue weighted by Crippen LogP contribution is -2.40. The quantitative estimate of drug-likeness (QED) is 0.665. The first kappa shape index (κ1) is 18.2. The second-order valence-corrected chi connectivity index (χ2v) is 7.39. The average Bonchev–Trinajstić information content (AvgIpc) is 2.48. The van der Waals surface area contributed by atoms with E-state index >= 15 is 0 Å². The minimum absolute atomic E-state index is 0.157. The van der Waals surface area contributed by atoms with E-state index in [2.05, 4.69) is 54.2 Å². The van der Waals surface area contributed by atoms with Crippen LogP contribution in [-0.4, -0.2) is 50.4 Å². The molecule has 1 saturated heterocycles. The van der Waals surface area contributed by atoms with Gasteiger partial charge in [0.2, 0.25) is 0 Å². The fourth-order valence-electron chi connectivity index (χ4n) is 2.36. The van der Waals surface area contributed by atoms with Gasteiger partial charge < -0.3 is 14.8 Å². The maximum absolute atomic E-state index is 5.80. The van der Waals surface area contributed by atoms with Crippen molar-refractivity contribution in [2.45, 2.75) is 26.5 Å². The Morgan fingerprint density at radius 2 is 1.86 bits per heavy atom. The number of ether oxygens (including phenoxy) is 2. The summed E-state index contributed by atoms with van der Waals surface area (Å²) in [4.78, 5) is 2.43. The molecule has 1 fully saturated rings. The summed E-state index contributed by atoms with van der Waals surface area (Å²) in [5.74, 6) is 0.868. The zero-order valence-corrected chi connectivity index (χ0v) is 16.4. The van der Waals surface area contributed by atoms with Gasteiger partial charge in [0.15, 0.2) is 0 Å². The van der Waals surface area contributed by atoms with Crippen molar-refractivity contribution in [3.63, 3.8) is 0 Å². The third kappa shape index (κ3) is 5.81. The molecule has 1 aromatic carbocycles. The Bertz CT molecular complexity index is 454. The van der Waals surface area contributed by atoms with Gasteiger partial charge in [0.05, 0.1) is 28.3 Å². The molecule has 1 aliphatic heterocycles. The van der Waals surface area contributed by atoms with Crippen LogP contribution in [0.4, 0.5) is 0 Å². The lowest BCUT2D eigenvalue weighted by Gasteiger charge is -2.26. The van der Waals surface area contributed by atoms with E-state index in [4.69, 9.17) is 9.47 Å². The molecule has 1 aromatic rings. The van der Waals surface area contributed by atoms with Crippen molar-refractivity contribution in [3.8, 4) is 5.75 Å². The van der Waals surface area contributed by atoms with E-state index in [0.29, 0.717) is 0 Å². The Hall–Kier alpha value is -0.140. The van der Waals surface area contributed by atoms with Gasteiger partial charge in [-0.3, -0.25) is 4.90 Å². The number of nitrogens with one attached hydrogen (secondary N) is 1. The molecule has 0 unspecified atom stereocenters. The number of morpholine rings is 1. The molecular formula is C16H24Br2N2O2. The maximum Gasteiger partial charge on any atom is 0.148 e. The minimum atomic E-state index is 0.157. The number of hydrogen-bond acceptors (Lipinski definition) is 4. The summed E-state index contributed by atoms with van der Waals surface area (Å²) < 4.78 is 13.1. The molecule has 0 amide bonds. The molecule has 1 aliphatic rings. The monoisotopic (exact) mass is 434 g/mol. The standard InChI is InChI=1S/C16H24Br2N2O2/c1-12(2)22-16-14(17)9-13(10-15(16)18)11-19-3-4-20-5-7-21-8-6-20/h9-10,12,19H,3-8,11H2,1-2H3. The van der Waals surface area contributed by atoms with Crippen LogP contribution in [0, 0.1) is 0 Å². The summed E-state index contributed by atoms with van der Waals surface area (Å²) in [5, 5.41) is 3.50. The molecule has 6 heteroatoms. The molecule has 0 spiro atoms. The SMILES string of the molecule is CC(C)Oc1c(Br)cc(CNCCN2CCOCC2)cc1Br. The highest BCUT2D eigenvalue weighted by atomic mass is 79.9. The highest BCUT2D eigenvalue weighted by Crippen LogP contribution is 2.35. The van der Waals surface area contributed by atoms with Gasteiger partial charge in [-0.05, 0) is 63.4 Å². The average molecular weight is 436 g/mol. The van der Waals surface area contributed by atoms with Crippen LogP contribution in [0.25, 0.3) is 0 Å². The predicted octanol–water partition coefficient (Wildman–Crippen LogP) is 3.42. The van der Waals surface area contributed by atoms with Crippen LogP contribution in [0.1, 0.15) is 19.4 Å². The van der Waals surface area contributed by atoms with Gasteiger partial charge in [-0.1, -0.05) is 0 Å². The number of benzene rings is 1. The highest BCUT2D eigenvalue weighted by molar-refractivity contribution is 9.11. The van der Waals surface area contributed by atoms with Gasteiger partial charge in [-0.25, -0.2) is 0 Å². The lowest BCUT2D eigenvalue weighted by atomic mass is 10.2. The topological polar surface area (TPSA) is 33.7 Å². The van der Waals surface area contributed by atoms with Gasteiger partial charge in [0.1, 0.15) is 5.75 Å². The molecule has 1 N–H and O–H groups in total. The van der Waals surface area contributed by atoms with E-state index in [1.165, 1.54) is 5.56 Å². The molecule has 4 nitrogen and oxygen atoms in total. The smallest absolute Gasteiger partial charge is 0.148 e. The number of nitrogens with zero attached hydrogens (tertiary/aromatic N) is 1. The van der Waals surface area contributed by atoms with E-state index in [9.17, 15) is 0 Å². The minimum Gasteiger partial charge on any atom is -0.489 e. The van der Waals surface area contributed by atoms with Crippen LogP contribution in [0.3, 0.4) is 0 Å². The summed E-state index contributed by atoms with van der Waals surface area (Å²) in [6, 6.07) is 4.23. The van der Waals surface area contributed by atoms with E-state index in [1.807, 2.05) is 13.8 Å². The lowest BCUT2D eigenvalue weighted by molar-refractivity contribution is 0.0384. The first-order chi connectivity index (χ1) is 10.6. The molecule has 0 bridgehead atoms. The van der Waals surface area contributed by atoms with Crippen molar-refractivity contribution in [1.29, 1.82) is 0 Å². The van der Waals surface area contributed by atoms with Crippen LogP contribution in [0.5, 0.6) is 5.75 Å². The molecule has 1 heterocycles. The van der Waals surface area contributed by atoms with Gasteiger partial charge in [0.25, 0.3) is 0 Å². The van der Waals surface area contributed by atoms with E-state index in [0.717, 1.165) is 60.6 Å². The second kappa shape index (κ2) is 9.23. The van der Waals surface area contributed by atoms with Gasteiger partial charge >= 0.3 is 0 Å². The number of hydrogen-bond donors (Lipinski definition) is 1. The Balaban J connectivity index is 1.80. The van der Waals surface area contributed by atoms with Gasteiger partial charge in [0, 0.05) is 32.7 Å². The van der Waals surface area contributed by atoms with E-state index < -0.39 is 0 Å². The van der Waals surface area contributed by atoms with Crippen molar-refractivity contribution < 1.29 is 9.47 Å². The van der Waals surface area contributed by atoms with Crippen LogP contribution in [-0.2, 0) is 11.3 Å². The normalized spacial score (nSPS) is 16.2. The van der Waals surface area contributed by atoms with Crippen LogP contribution in [0.2, 0.25) is 0 Å². The summed E-state index contributed by atoms with van der Waals surface area (Å²) in [6.45, 7) is 10.8. The largest absolute Gasteiger partial charge is 0.489 e. The first-order valence-corrected chi connectivity index (χ1v) is 9.30.